The van der Waals surface area contributed by atoms with Gasteiger partial charge in [-0.05, 0) is 5.56 Å². The standard InChI is InChI=1S/C11H14N2O5S/c1-2-8-18-13-19(15,16)12-11(14)17-9-10-6-4-3-5-7-10/h2-7,13H,1,8-9H2,(H,12,14). The van der Waals surface area contributed by atoms with Gasteiger partial charge in [0, 0.05) is 0 Å². The summed E-state index contributed by atoms with van der Waals surface area (Å²) in [6, 6.07) is 8.85. The van der Waals surface area contributed by atoms with Crippen molar-refractivity contribution in [3.63, 3.8) is 0 Å². The van der Waals surface area contributed by atoms with Gasteiger partial charge in [0.1, 0.15) is 6.61 Å². The molecule has 2 N–H and O–H groups in total. The monoisotopic (exact) mass is 286 g/mol. The molecule has 0 spiro atoms. The van der Waals surface area contributed by atoms with Gasteiger partial charge in [-0.1, -0.05) is 41.3 Å². The number of benzene rings is 1. The van der Waals surface area contributed by atoms with Crippen LogP contribution in [0.25, 0.3) is 0 Å². The molecule has 1 rings (SSSR count). The van der Waals surface area contributed by atoms with E-state index in [4.69, 9.17) is 4.74 Å². The van der Waals surface area contributed by atoms with Gasteiger partial charge in [0.15, 0.2) is 0 Å². The van der Waals surface area contributed by atoms with Gasteiger partial charge in [-0.2, -0.15) is 8.42 Å². The Labute approximate surface area is 111 Å². The fourth-order valence-electron chi connectivity index (χ4n) is 1.05. The summed E-state index contributed by atoms with van der Waals surface area (Å²) in [5.74, 6) is 0. The largest absolute Gasteiger partial charge is 0.444 e. The molecule has 0 radical (unpaired) electrons. The molecule has 8 heteroatoms. The second kappa shape index (κ2) is 7.52. The minimum Gasteiger partial charge on any atom is -0.444 e. The van der Waals surface area contributed by atoms with Crippen LogP contribution in [0.1, 0.15) is 5.56 Å². The van der Waals surface area contributed by atoms with Crippen LogP contribution in [0.3, 0.4) is 0 Å². The summed E-state index contributed by atoms with van der Waals surface area (Å²) in [5, 5.41) is 0. The number of amides is 1. The SMILES string of the molecule is C=CCONS(=O)(=O)NC(=O)OCc1ccccc1. The highest BCUT2D eigenvalue weighted by Crippen LogP contribution is 2.00. The van der Waals surface area contributed by atoms with Gasteiger partial charge in [0.05, 0.1) is 6.61 Å². The van der Waals surface area contributed by atoms with Crippen LogP contribution in [0.2, 0.25) is 0 Å². The Morgan fingerprint density at radius 2 is 2.00 bits per heavy atom. The van der Waals surface area contributed by atoms with E-state index in [0.717, 1.165) is 5.56 Å². The first-order valence-corrected chi connectivity index (χ1v) is 6.75. The minimum absolute atomic E-state index is 0.0278. The summed E-state index contributed by atoms with van der Waals surface area (Å²) in [6.07, 6.45) is 0.245. The van der Waals surface area contributed by atoms with Crippen molar-refractivity contribution < 1.29 is 22.8 Å². The quantitative estimate of drug-likeness (QED) is 0.440. The molecule has 1 aromatic carbocycles. The molecule has 0 unspecified atom stereocenters. The average molecular weight is 286 g/mol. The minimum atomic E-state index is -4.10. The number of carbonyl (C=O) groups is 1. The summed E-state index contributed by atoms with van der Waals surface area (Å²) >= 11 is 0. The summed E-state index contributed by atoms with van der Waals surface area (Å²) in [6.45, 7) is 3.27. The van der Waals surface area contributed by atoms with Crippen LogP contribution in [-0.4, -0.2) is 21.1 Å². The van der Waals surface area contributed by atoms with E-state index >= 15 is 0 Å². The van der Waals surface area contributed by atoms with Gasteiger partial charge >= 0.3 is 16.3 Å². The van der Waals surface area contributed by atoms with E-state index in [-0.39, 0.29) is 13.2 Å². The van der Waals surface area contributed by atoms with E-state index in [1.165, 1.54) is 6.08 Å². The molecule has 1 amide bonds. The Morgan fingerprint density at radius 3 is 2.63 bits per heavy atom. The van der Waals surface area contributed by atoms with Crippen LogP contribution in [0.15, 0.2) is 43.0 Å². The van der Waals surface area contributed by atoms with Crippen molar-refractivity contribution in [2.24, 2.45) is 0 Å². The van der Waals surface area contributed by atoms with Crippen molar-refractivity contribution in [1.29, 1.82) is 0 Å². The highest BCUT2D eigenvalue weighted by molar-refractivity contribution is 7.87. The van der Waals surface area contributed by atoms with Gasteiger partial charge < -0.3 is 4.74 Å². The smallest absolute Gasteiger partial charge is 0.422 e. The van der Waals surface area contributed by atoms with E-state index in [0.29, 0.717) is 0 Å². The average Bonchev–Trinajstić information content (AvgIpc) is 2.37. The molecule has 0 heterocycles. The van der Waals surface area contributed by atoms with E-state index in [1.807, 2.05) is 6.07 Å². The molecule has 0 aromatic heterocycles. The molecule has 19 heavy (non-hydrogen) atoms. The highest BCUT2D eigenvalue weighted by atomic mass is 32.2. The van der Waals surface area contributed by atoms with Crippen LogP contribution in [-0.2, 0) is 26.4 Å². The Balaban J connectivity index is 2.36. The third-order valence-electron chi connectivity index (χ3n) is 1.80. The van der Waals surface area contributed by atoms with Crippen molar-refractivity contribution in [2.75, 3.05) is 6.61 Å². The summed E-state index contributed by atoms with van der Waals surface area (Å²) in [7, 11) is -4.10. The van der Waals surface area contributed by atoms with Crippen LogP contribution in [0, 0.1) is 0 Å². The van der Waals surface area contributed by atoms with E-state index in [1.54, 1.807) is 33.9 Å². The first kappa shape index (κ1) is 15.2. The Bertz CT molecular complexity index is 515. The maximum absolute atomic E-state index is 11.2. The molecule has 0 fully saturated rings. The molecular formula is C11H14N2O5S. The summed E-state index contributed by atoms with van der Waals surface area (Å²) in [4.78, 5) is 17.4. The maximum Gasteiger partial charge on any atom is 0.422 e. The lowest BCUT2D eigenvalue weighted by Crippen LogP contribution is -2.40. The van der Waals surface area contributed by atoms with Crippen molar-refractivity contribution in [3.05, 3.63) is 48.6 Å². The van der Waals surface area contributed by atoms with Gasteiger partial charge in [0.2, 0.25) is 0 Å². The molecule has 0 aliphatic rings. The van der Waals surface area contributed by atoms with Crippen molar-refractivity contribution >= 4 is 16.3 Å². The summed E-state index contributed by atoms with van der Waals surface area (Å²) in [5.41, 5.74) is 0.742. The first-order valence-electron chi connectivity index (χ1n) is 5.26. The predicted molar refractivity (Wildman–Crippen MR) is 68.0 cm³/mol. The molecular weight excluding hydrogens is 272 g/mol. The van der Waals surface area contributed by atoms with E-state index < -0.39 is 16.3 Å². The second-order valence-corrected chi connectivity index (χ2v) is 4.73. The molecule has 7 nitrogen and oxygen atoms in total. The molecule has 0 bridgehead atoms. The van der Waals surface area contributed by atoms with Crippen molar-refractivity contribution in [3.8, 4) is 0 Å². The third-order valence-corrected chi connectivity index (χ3v) is 2.57. The van der Waals surface area contributed by atoms with Gasteiger partial charge in [-0.25, -0.2) is 9.52 Å². The predicted octanol–water partition coefficient (Wildman–Crippen LogP) is 0.865. The van der Waals surface area contributed by atoms with Gasteiger partial charge in [0.25, 0.3) is 0 Å². The number of ether oxygens (including phenoxy) is 1. The van der Waals surface area contributed by atoms with Crippen LogP contribution < -0.4 is 9.61 Å². The lowest BCUT2D eigenvalue weighted by Gasteiger charge is -2.08. The first-order chi connectivity index (χ1) is 9.03. The number of rotatable bonds is 7. The fraction of sp³-hybridized carbons (Fsp3) is 0.182. The summed E-state index contributed by atoms with van der Waals surface area (Å²) < 4.78 is 28.8. The van der Waals surface area contributed by atoms with Crippen molar-refractivity contribution in [1.82, 2.24) is 9.61 Å². The number of nitrogens with one attached hydrogen (secondary N) is 2. The van der Waals surface area contributed by atoms with E-state index in [2.05, 4.69) is 11.4 Å². The molecule has 0 saturated heterocycles. The topological polar surface area (TPSA) is 93.7 Å². The third kappa shape index (κ3) is 6.55. The fourth-order valence-corrected chi connectivity index (χ4v) is 1.60. The Kier molecular flexibility index (Phi) is 6.00. The molecule has 104 valence electrons. The highest BCUT2D eigenvalue weighted by Gasteiger charge is 2.15. The van der Waals surface area contributed by atoms with Crippen LogP contribution in [0.5, 0.6) is 0 Å². The van der Waals surface area contributed by atoms with Gasteiger partial charge in [-0.15, -0.1) is 6.58 Å². The molecule has 0 atom stereocenters. The Hall–Kier alpha value is -1.90. The van der Waals surface area contributed by atoms with Crippen LogP contribution in [0.4, 0.5) is 4.79 Å². The maximum atomic E-state index is 11.2. The zero-order valence-electron chi connectivity index (χ0n) is 10.0. The lowest BCUT2D eigenvalue weighted by atomic mass is 10.2. The number of hydrogen-bond acceptors (Lipinski definition) is 5. The van der Waals surface area contributed by atoms with E-state index in [9.17, 15) is 13.2 Å². The molecule has 0 saturated carbocycles. The second-order valence-electron chi connectivity index (χ2n) is 3.35. The van der Waals surface area contributed by atoms with Crippen LogP contribution >= 0.6 is 0 Å². The lowest BCUT2D eigenvalue weighted by molar-refractivity contribution is 0.115. The molecule has 1 aromatic rings. The van der Waals surface area contributed by atoms with Crippen molar-refractivity contribution in [2.45, 2.75) is 6.61 Å². The molecule has 0 aliphatic carbocycles. The zero-order chi connectivity index (χ0) is 14.1. The normalized spacial score (nSPS) is 10.7. The molecule has 0 aliphatic heterocycles. The Morgan fingerprint density at radius 1 is 1.32 bits per heavy atom. The number of carbonyl (C=O) groups excluding carboxylic acids is 1. The number of hydrogen-bond donors (Lipinski definition) is 2. The van der Waals surface area contributed by atoms with Gasteiger partial charge in [-0.3, -0.25) is 4.84 Å². The zero-order valence-corrected chi connectivity index (χ0v) is 10.9.